The third kappa shape index (κ3) is 7.34. The minimum absolute atomic E-state index is 0.139. The molecule has 1 aromatic rings. The number of hydrogen-bond donors (Lipinski definition) is 2. The lowest BCUT2D eigenvalue weighted by Crippen LogP contribution is -2.42. The van der Waals surface area contributed by atoms with Crippen molar-refractivity contribution in [1.82, 2.24) is 10.6 Å². The zero-order chi connectivity index (χ0) is 15.9. The number of ether oxygens (including phenoxy) is 1. The third-order valence-corrected chi connectivity index (χ3v) is 2.73. The second-order valence-electron chi connectivity index (χ2n) is 5.92. The summed E-state index contributed by atoms with van der Waals surface area (Å²) in [5, 5.41) is 5.50. The molecule has 0 atom stereocenters. The summed E-state index contributed by atoms with van der Waals surface area (Å²) < 4.78 is 5.08. The van der Waals surface area contributed by atoms with E-state index in [2.05, 4.69) is 10.6 Å². The molecule has 2 amide bonds. The highest BCUT2D eigenvalue weighted by molar-refractivity contribution is 5.97. The van der Waals surface area contributed by atoms with Crippen LogP contribution in [0, 0.1) is 0 Å². The highest BCUT2D eigenvalue weighted by Gasteiger charge is 2.16. The number of rotatable bonds is 6. The molecule has 0 heterocycles. The van der Waals surface area contributed by atoms with Gasteiger partial charge in [-0.15, -0.1) is 0 Å². The summed E-state index contributed by atoms with van der Waals surface area (Å²) >= 11 is 0. The predicted molar refractivity (Wildman–Crippen MR) is 82.2 cm³/mol. The largest absolute Gasteiger partial charge is 0.497 e. The minimum atomic E-state index is -0.319. The molecule has 0 aliphatic heterocycles. The molecule has 5 nitrogen and oxygen atoms in total. The van der Waals surface area contributed by atoms with Crippen LogP contribution < -0.4 is 15.4 Å². The van der Waals surface area contributed by atoms with Crippen LogP contribution in [0.2, 0.25) is 0 Å². The molecule has 0 radical (unpaired) electrons. The van der Waals surface area contributed by atoms with E-state index >= 15 is 0 Å². The normalized spacial score (nSPS) is 10.9. The number of methoxy groups -OCH3 is 1. The van der Waals surface area contributed by atoms with Gasteiger partial charge < -0.3 is 15.4 Å². The molecular formula is C16H24N2O3. The maximum Gasteiger partial charge on any atom is 0.229 e. The van der Waals surface area contributed by atoms with Gasteiger partial charge in [0.1, 0.15) is 12.2 Å². The standard InChI is InChI=1S/C16H24N2O3/c1-16(2,3)18-15(20)11-14(19)17-10-9-12-5-7-13(21-4)8-6-12/h5-8H,9-11H2,1-4H3,(H,17,19)(H,18,20). The van der Waals surface area contributed by atoms with Crippen LogP contribution in [0.4, 0.5) is 0 Å². The lowest BCUT2D eigenvalue weighted by atomic mass is 10.1. The Morgan fingerprint density at radius 1 is 1.10 bits per heavy atom. The van der Waals surface area contributed by atoms with Crippen molar-refractivity contribution < 1.29 is 14.3 Å². The van der Waals surface area contributed by atoms with E-state index in [9.17, 15) is 9.59 Å². The fraction of sp³-hybridized carbons (Fsp3) is 0.500. The lowest BCUT2D eigenvalue weighted by Gasteiger charge is -2.20. The smallest absolute Gasteiger partial charge is 0.229 e. The number of hydrogen-bond acceptors (Lipinski definition) is 3. The van der Waals surface area contributed by atoms with Crippen LogP contribution in [0.5, 0.6) is 5.75 Å². The molecule has 5 heteroatoms. The van der Waals surface area contributed by atoms with Crippen LogP contribution in [0.3, 0.4) is 0 Å². The average molecular weight is 292 g/mol. The van der Waals surface area contributed by atoms with Crippen molar-refractivity contribution in [3.05, 3.63) is 29.8 Å². The maximum atomic E-state index is 11.6. The zero-order valence-electron chi connectivity index (χ0n) is 13.2. The van der Waals surface area contributed by atoms with Gasteiger partial charge in [-0.2, -0.15) is 0 Å². The molecule has 0 spiro atoms. The molecule has 2 N–H and O–H groups in total. The summed E-state index contributed by atoms with van der Waals surface area (Å²) in [5.41, 5.74) is 0.788. The van der Waals surface area contributed by atoms with Crippen LogP contribution in [-0.2, 0) is 16.0 Å². The first-order valence-electron chi connectivity index (χ1n) is 7.01. The number of carbonyl (C=O) groups is 2. The molecular weight excluding hydrogens is 268 g/mol. The van der Waals surface area contributed by atoms with Gasteiger partial charge in [0.25, 0.3) is 0 Å². The Labute approximate surface area is 126 Å². The molecule has 1 rings (SSSR count). The van der Waals surface area contributed by atoms with Crippen molar-refractivity contribution in [3.8, 4) is 5.75 Å². The molecule has 0 saturated heterocycles. The van der Waals surface area contributed by atoms with Gasteiger partial charge in [0.15, 0.2) is 0 Å². The van der Waals surface area contributed by atoms with Crippen LogP contribution in [0.1, 0.15) is 32.8 Å². The first-order chi connectivity index (χ1) is 9.80. The second kappa shape index (κ2) is 7.67. The molecule has 0 fully saturated rings. The maximum absolute atomic E-state index is 11.6. The zero-order valence-corrected chi connectivity index (χ0v) is 13.2. The van der Waals surface area contributed by atoms with E-state index in [0.29, 0.717) is 6.54 Å². The summed E-state index contributed by atoms with van der Waals surface area (Å²) in [4.78, 5) is 23.2. The molecule has 0 unspecified atom stereocenters. The Kier molecular flexibility index (Phi) is 6.21. The first-order valence-corrected chi connectivity index (χ1v) is 7.01. The van der Waals surface area contributed by atoms with Crippen LogP contribution in [0.25, 0.3) is 0 Å². The van der Waals surface area contributed by atoms with Gasteiger partial charge in [0, 0.05) is 12.1 Å². The predicted octanol–water partition coefficient (Wildman–Crippen LogP) is 1.66. The van der Waals surface area contributed by atoms with Crippen molar-refractivity contribution in [1.29, 1.82) is 0 Å². The Hall–Kier alpha value is -2.04. The van der Waals surface area contributed by atoms with Gasteiger partial charge in [0.05, 0.1) is 7.11 Å². The van der Waals surface area contributed by atoms with Gasteiger partial charge >= 0.3 is 0 Å². The van der Waals surface area contributed by atoms with Crippen molar-refractivity contribution in [2.75, 3.05) is 13.7 Å². The SMILES string of the molecule is COc1ccc(CCNC(=O)CC(=O)NC(C)(C)C)cc1. The van der Waals surface area contributed by atoms with Crippen molar-refractivity contribution in [2.45, 2.75) is 39.2 Å². The second-order valence-corrected chi connectivity index (χ2v) is 5.92. The molecule has 0 bridgehead atoms. The monoisotopic (exact) mass is 292 g/mol. The molecule has 0 aromatic heterocycles. The molecule has 116 valence electrons. The number of carbonyl (C=O) groups excluding carboxylic acids is 2. The van der Waals surface area contributed by atoms with E-state index < -0.39 is 0 Å². The van der Waals surface area contributed by atoms with Gasteiger partial charge in [-0.1, -0.05) is 12.1 Å². The van der Waals surface area contributed by atoms with Crippen molar-refractivity contribution in [3.63, 3.8) is 0 Å². The fourth-order valence-electron chi connectivity index (χ4n) is 1.81. The van der Waals surface area contributed by atoms with E-state index in [0.717, 1.165) is 17.7 Å². The van der Waals surface area contributed by atoms with Crippen LogP contribution in [-0.4, -0.2) is 31.0 Å². The number of nitrogens with one attached hydrogen (secondary N) is 2. The summed E-state index contributed by atoms with van der Waals surface area (Å²) in [7, 11) is 1.62. The van der Waals surface area contributed by atoms with Crippen molar-refractivity contribution >= 4 is 11.8 Å². The fourth-order valence-corrected chi connectivity index (χ4v) is 1.81. The Morgan fingerprint density at radius 2 is 1.71 bits per heavy atom. The van der Waals surface area contributed by atoms with E-state index in [1.54, 1.807) is 7.11 Å². The lowest BCUT2D eigenvalue weighted by molar-refractivity contribution is -0.130. The van der Waals surface area contributed by atoms with Gasteiger partial charge in [-0.05, 0) is 44.9 Å². The Bertz CT molecular complexity index is 475. The Balaban J connectivity index is 2.28. The van der Waals surface area contributed by atoms with E-state index in [1.807, 2.05) is 45.0 Å². The third-order valence-electron chi connectivity index (χ3n) is 2.73. The topological polar surface area (TPSA) is 67.4 Å². The van der Waals surface area contributed by atoms with E-state index in [1.165, 1.54) is 0 Å². The van der Waals surface area contributed by atoms with Gasteiger partial charge in [-0.3, -0.25) is 9.59 Å². The summed E-state index contributed by atoms with van der Waals surface area (Å²) in [6.45, 7) is 6.15. The number of amides is 2. The summed E-state index contributed by atoms with van der Waals surface area (Å²) in [5.74, 6) is 0.288. The molecule has 0 aliphatic carbocycles. The summed E-state index contributed by atoms with van der Waals surface area (Å²) in [6, 6.07) is 7.68. The van der Waals surface area contributed by atoms with Gasteiger partial charge in [0.2, 0.25) is 11.8 Å². The first kappa shape index (κ1) is 17.0. The highest BCUT2D eigenvalue weighted by atomic mass is 16.5. The highest BCUT2D eigenvalue weighted by Crippen LogP contribution is 2.11. The summed E-state index contributed by atoms with van der Waals surface area (Å²) in [6.07, 6.45) is 0.580. The minimum Gasteiger partial charge on any atom is -0.497 e. The average Bonchev–Trinajstić information content (AvgIpc) is 2.37. The molecule has 0 saturated carbocycles. The molecule has 1 aromatic carbocycles. The number of benzene rings is 1. The van der Waals surface area contributed by atoms with Crippen LogP contribution >= 0.6 is 0 Å². The molecule has 21 heavy (non-hydrogen) atoms. The van der Waals surface area contributed by atoms with Gasteiger partial charge in [-0.25, -0.2) is 0 Å². The van der Waals surface area contributed by atoms with Crippen LogP contribution in [0.15, 0.2) is 24.3 Å². The van der Waals surface area contributed by atoms with E-state index in [4.69, 9.17) is 4.74 Å². The van der Waals surface area contributed by atoms with E-state index in [-0.39, 0.29) is 23.8 Å². The molecule has 0 aliphatic rings. The Morgan fingerprint density at radius 3 is 2.24 bits per heavy atom. The quantitative estimate of drug-likeness (QED) is 0.784. The van der Waals surface area contributed by atoms with Crippen molar-refractivity contribution in [2.24, 2.45) is 0 Å².